The lowest BCUT2D eigenvalue weighted by Crippen LogP contribution is -2.48. The van der Waals surface area contributed by atoms with Crippen molar-refractivity contribution in [2.75, 3.05) is 13.7 Å². The Bertz CT molecular complexity index is 1750. The Labute approximate surface area is 269 Å². The molecule has 0 saturated carbocycles. The number of ketones is 3. The number of phenols is 2. The number of hydrogen-bond acceptors (Lipinski definition) is 13. The molecule has 1 fully saturated rings. The Balaban J connectivity index is 1.39. The van der Waals surface area contributed by atoms with E-state index in [4.69, 9.17) is 19.3 Å². The van der Waals surface area contributed by atoms with E-state index in [1.165, 1.54) is 36.9 Å². The average molecular weight is 652 g/mol. The second-order valence-electron chi connectivity index (χ2n) is 12.4. The van der Waals surface area contributed by atoms with Gasteiger partial charge in [-0.1, -0.05) is 17.3 Å². The molecule has 3 aliphatic rings. The Hall–Kier alpha value is -4.21. The van der Waals surface area contributed by atoms with Crippen molar-refractivity contribution in [2.45, 2.75) is 88.6 Å². The number of methoxy groups -OCH3 is 1. The maximum atomic E-state index is 13.9. The zero-order valence-electron chi connectivity index (χ0n) is 26.2. The van der Waals surface area contributed by atoms with Gasteiger partial charge in [0.1, 0.15) is 29.0 Å². The highest BCUT2D eigenvalue weighted by Crippen LogP contribution is 2.52. The number of aromatic nitrogens is 3. The number of aryl methyl sites for hydroxylation is 1. The van der Waals surface area contributed by atoms with Crippen LogP contribution in [0.25, 0.3) is 0 Å². The molecule has 1 aromatic heterocycles. The Morgan fingerprint density at radius 3 is 2.57 bits per heavy atom. The van der Waals surface area contributed by atoms with Crippen LogP contribution in [0, 0.1) is 0 Å². The number of ether oxygens (including phenoxy) is 3. The second kappa shape index (κ2) is 12.4. The van der Waals surface area contributed by atoms with Gasteiger partial charge in [0.2, 0.25) is 5.78 Å². The van der Waals surface area contributed by atoms with Crippen LogP contribution in [-0.2, 0) is 27.1 Å². The highest BCUT2D eigenvalue weighted by Gasteiger charge is 2.49. The first kappa shape index (κ1) is 32.7. The highest BCUT2D eigenvalue weighted by molar-refractivity contribution is 6.31. The van der Waals surface area contributed by atoms with Crippen molar-refractivity contribution in [2.24, 2.45) is 0 Å². The molecule has 6 atom stereocenters. The number of hydrogen-bond donors (Lipinski definition) is 5. The number of aliphatic hydroxyl groups excluding tert-OH is 2. The number of Topliss-reactive ketones (excluding diaryl/α,β-unsaturated/α-hetero) is 1. The molecular formula is C33H37N3O11. The monoisotopic (exact) mass is 651 g/mol. The summed E-state index contributed by atoms with van der Waals surface area (Å²) in [5.41, 5.74) is -2.51. The molecule has 0 amide bonds. The van der Waals surface area contributed by atoms with Crippen molar-refractivity contribution in [1.82, 2.24) is 15.0 Å². The summed E-state index contributed by atoms with van der Waals surface area (Å²) in [7, 11) is 1.34. The summed E-state index contributed by atoms with van der Waals surface area (Å²) < 4.78 is 19.2. The predicted octanol–water partition coefficient (Wildman–Crippen LogP) is 1.85. The third-order valence-electron chi connectivity index (χ3n) is 9.46. The summed E-state index contributed by atoms with van der Waals surface area (Å²) >= 11 is 0. The van der Waals surface area contributed by atoms with Crippen LogP contribution in [0.2, 0.25) is 0 Å². The van der Waals surface area contributed by atoms with Crippen molar-refractivity contribution in [3.05, 3.63) is 63.5 Å². The van der Waals surface area contributed by atoms with Gasteiger partial charge < -0.3 is 39.7 Å². The van der Waals surface area contributed by atoms with Gasteiger partial charge in [0.15, 0.2) is 17.9 Å². The molecule has 6 rings (SSSR count). The standard InChI is InChI=1S/C33H37N3O11/c1-15-28(39)20(36-14-17(34-35-36)7-4-5-10-37)11-23(46-15)47-22-13-33(44,16(2)38)12-19-25(22)32(43)27-26(30(19)41)29(40)18-8-6-9-21(45-3)24(18)31(27)42/h6,8-9,14-15,20,22-23,28,37,39,41,43-44H,4-5,7,10-13H2,1-3H3/t15-,20-,22-,23-,28+,33-/m0/s1. The van der Waals surface area contributed by atoms with Crippen LogP contribution in [0.3, 0.4) is 0 Å². The van der Waals surface area contributed by atoms with E-state index in [9.17, 15) is 34.8 Å². The molecule has 0 spiro atoms. The normalized spacial score (nSPS) is 26.8. The van der Waals surface area contributed by atoms with E-state index in [1.54, 1.807) is 13.1 Å². The summed E-state index contributed by atoms with van der Waals surface area (Å²) in [4.78, 5) is 40.3. The predicted molar refractivity (Wildman–Crippen MR) is 161 cm³/mol. The van der Waals surface area contributed by atoms with Crippen LogP contribution in [0.1, 0.15) is 100 Å². The number of phenolic OH excluding ortho intramolecular Hbond substituents is 2. The van der Waals surface area contributed by atoms with Crippen LogP contribution in [0.4, 0.5) is 0 Å². The minimum atomic E-state index is -2.05. The number of unbranched alkanes of at least 4 members (excludes halogenated alkanes) is 1. The van der Waals surface area contributed by atoms with Crippen LogP contribution >= 0.6 is 0 Å². The molecule has 1 aliphatic heterocycles. The quantitative estimate of drug-likeness (QED) is 0.129. The summed E-state index contributed by atoms with van der Waals surface area (Å²) in [6.07, 6.45) is -1.26. The van der Waals surface area contributed by atoms with Crippen LogP contribution in [0.15, 0.2) is 24.4 Å². The summed E-state index contributed by atoms with van der Waals surface area (Å²) in [5, 5.41) is 63.2. The molecule has 47 heavy (non-hydrogen) atoms. The molecule has 1 saturated heterocycles. The number of carbonyl (C=O) groups excluding carboxylic acids is 3. The fourth-order valence-corrected chi connectivity index (χ4v) is 6.87. The topological polar surface area (TPSA) is 211 Å². The lowest BCUT2D eigenvalue weighted by molar-refractivity contribution is -0.255. The molecular weight excluding hydrogens is 614 g/mol. The van der Waals surface area contributed by atoms with Gasteiger partial charge in [0.25, 0.3) is 0 Å². The van der Waals surface area contributed by atoms with E-state index in [0.717, 1.165) is 0 Å². The van der Waals surface area contributed by atoms with E-state index >= 15 is 0 Å². The van der Waals surface area contributed by atoms with E-state index in [-0.39, 0.29) is 47.5 Å². The third-order valence-corrected chi connectivity index (χ3v) is 9.46. The summed E-state index contributed by atoms with van der Waals surface area (Å²) in [5.74, 6) is -3.27. The zero-order chi connectivity index (χ0) is 33.8. The number of aliphatic hydroxyl groups is 3. The molecule has 3 aromatic rings. The van der Waals surface area contributed by atoms with Crippen molar-refractivity contribution in [3.8, 4) is 17.2 Å². The number of nitrogens with zero attached hydrogens (tertiary/aromatic N) is 3. The van der Waals surface area contributed by atoms with E-state index < -0.39 is 82.6 Å². The number of carbonyl (C=O) groups is 3. The third kappa shape index (κ3) is 5.49. The van der Waals surface area contributed by atoms with Crippen molar-refractivity contribution in [1.29, 1.82) is 0 Å². The van der Waals surface area contributed by atoms with Crippen LogP contribution in [0.5, 0.6) is 17.2 Å². The molecule has 0 bridgehead atoms. The Kier molecular flexibility index (Phi) is 8.65. The van der Waals surface area contributed by atoms with Crippen LogP contribution < -0.4 is 4.74 Å². The fraction of sp³-hybridized carbons (Fsp3) is 0.485. The second-order valence-corrected chi connectivity index (χ2v) is 12.4. The first-order chi connectivity index (χ1) is 22.4. The molecule has 2 aliphatic carbocycles. The number of aromatic hydroxyl groups is 2. The number of rotatable bonds is 9. The molecule has 14 heteroatoms. The maximum Gasteiger partial charge on any atom is 0.202 e. The number of benzene rings is 2. The largest absolute Gasteiger partial charge is 0.507 e. The Morgan fingerprint density at radius 2 is 1.87 bits per heavy atom. The zero-order valence-corrected chi connectivity index (χ0v) is 26.2. The minimum absolute atomic E-state index is 0.0270. The molecule has 0 unspecified atom stereocenters. The number of fused-ring (bicyclic) bond motifs is 3. The smallest absolute Gasteiger partial charge is 0.202 e. The first-order valence-corrected chi connectivity index (χ1v) is 15.5. The van der Waals surface area contributed by atoms with Gasteiger partial charge in [0.05, 0.1) is 47.7 Å². The fourth-order valence-electron chi connectivity index (χ4n) is 6.87. The van der Waals surface area contributed by atoms with Gasteiger partial charge >= 0.3 is 0 Å². The van der Waals surface area contributed by atoms with Crippen molar-refractivity contribution >= 4 is 17.3 Å². The molecule has 0 radical (unpaired) electrons. The summed E-state index contributed by atoms with van der Waals surface area (Å²) in [6, 6.07) is 3.79. The van der Waals surface area contributed by atoms with Crippen molar-refractivity contribution in [3.63, 3.8) is 0 Å². The van der Waals surface area contributed by atoms with Crippen molar-refractivity contribution < 1.29 is 54.1 Å². The molecule has 5 N–H and O–H groups in total. The van der Waals surface area contributed by atoms with Gasteiger partial charge in [0, 0.05) is 48.8 Å². The first-order valence-electron chi connectivity index (χ1n) is 15.5. The summed E-state index contributed by atoms with van der Waals surface area (Å²) in [6.45, 7) is 2.89. The minimum Gasteiger partial charge on any atom is -0.507 e. The van der Waals surface area contributed by atoms with Gasteiger partial charge in [-0.05, 0) is 39.2 Å². The van der Waals surface area contributed by atoms with Gasteiger partial charge in [-0.25, -0.2) is 4.68 Å². The molecule has 2 aromatic carbocycles. The van der Waals surface area contributed by atoms with E-state index in [2.05, 4.69) is 10.3 Å². The Morgan fingerprint density at radius 1 is 1.13 bits per heavy atom. The lowest BCUT2D eigenvalue weighted by Gasteiger charge is -2.42. The van der Waals surface area contributed by atoms with E-state index in [0.29, 0.717) is 25.0 Å². The maximum absolute atomic E-state index is 13.9. The molecule has 14 nitrogen and oxygen atoms in total. The highest BCUT2D eigenvalue weighted by atomic mass is 16.7. The lowest BCUT2D eigenvalue weighted by atomic mass is 9.72. The van der Waals surface area contributed by atoms with Gasteiger partial charge in [-0.3, -0.25) is 14.4 Å². The molecule has 250 valence electrons. The average Bonchev–Trinajstić information content (AvgIpc) is 3.51. The molecule has 2 heterocycles. The van der Waals surface area contributed by atoms with Crippen LogP contribution in [-0.4, -0.2) is 95.7 Å². The van der Waals surface area contributed by atoms with E-state index in [1.807, 2.05) is 0 Å². The SMILES string of the molecule is COc1cccc2c1C(=O)c1c(O)c3c(c(O)c1C2=O)C[C@@](O)(C(C)=O)C[C@@H]3O[C@H]1C[C@H](n2cc(CCCCO)nn2)[C@H](O)[C@H](C)O1. The van der Waals surface area contributed by atoms with Gasteiger partial charge in [-0.15, -0.1) is 5.10 Å². The van der Waals surface area contributed by atoms with Gasteiger partial charge in [-0.2, -0.15) is 0 Å².